The fourth-order valence-electron chi connectivity index (χ4n) is 3.67. The molecule has 0 radical (unpaired) electrons. The van der Waals surface area contributed by atoms with E-state index in [0.717, 1.165) is 5.69 Å². The Kier molecular flexibility index (Phi) is 7.43. The minimum absolute atomic E-state index is 0.150. The van der Waals surface area contributed by atoms with Crippen LogP contribution in [0.1, 0.15) is 13.8 Å². The molecule has 0 bridgehead atoms. The molecule has 1 aliphatic heterocycles. The van der Waals surface area contributed by atoms with Gasteiger partial charge in [-0.3, -0.25) is 4.98 Å². The number of pyridine rings is 1. The molecule has 0 spiro atoms. The first-order valence-electron chi connectivity index (χ1n) is 11.2. The molecule has 1 fully saturated rings. The lowest BCUT2D eigenvalue weighted by molar-refractivity contribution is 0.314. The van der Waals surface area contributed by atoms with Crippen molar-refractivity contribution in [3.05, 3.63) is 54.9 Å². The molecule has 0 saturated carbocycles. The van der Waals surface area contributed by atoms with Gasteiger partial charge in [-0.15, -0.1) is 10.2 Å². The summed E-state index contributed by atoms with van der Waals surface area (Å²) in [6, 6.07) is 12.3. The summed E-state index contributed by atoms with van der Waals surface area (Å²) in [6.07, 6.45) is 3.41. The number of aromatic nitrogens is 3. The van der Waals surface area contributed by atoms with Crippen LogP contribution in [-0.4, -0.2) is 67.3 Å². The van der Waals surface area contributed by atoms with Gasteiger partial charge in [0.05, 0.1) is 25.1 Å². The molecule has 1 saturated heterocycles. The summed E-state index contributed by atoms with van der Waals surface area (Å²) < 4.78 is 39.3. The van der Waals surface area contributed by atoms with Gasteiger partial charge in [-0.05, 0) is 50.2 Å². The highest BCUT2D eigenvalue weighted by Crippen LogP contribution is 2.32. The number of hydrogen-bond donors (Lipinski definition) is 1. The van der Waals surface area contributed by atoms with Crippen LogP contribution in [0.15, 0.2) is 59.8 Å². The van der Waals surface area contributed by atoms with E-state index in [1.807, 2.05) is 43.0 Å². The standard InChI is InChI=1S/C23H28N6O4S/c1-3-32-19-7-8-21(20(16-19)33-4-2)34(30,31)29-14-12-28(13-15-29)23-10-9-22(26-27-23)25-18-6-5-11-24-17-18/h5-11,16-17H,3-4,12-15H2,1-2H3,(H,25,26). The number of anilines is 3. The highest BCUT2D eigenvalue weighted by Gasteiger charge is 2.31. The molecule has 0 atom stereocenters. The van der Waals surface area contributed by atoms with Crippen LogP contribution < -0.4 is 19.7 Å². The highest BCUT2D eigenvalue weighted by molar-refractivity contribution is 7.89. The lowest BCUT2D eigenvalue weighted by atomic mass is 10.3. The van der Waals surface area contributed by atoms with Crippen LogP contribution in [0, 0.1) is 0 Å². The third-order valence-corrected chi connectivity index (χ3v) is 7.23. The van der Waals surface area contributed by atoms with Crippen molar-refractivity contribution in [2.45, 2.75) is 18.7 Å². The zero-order valence-electron chi connectivity index (χ0n) is 19.2. The van der Waals surface area contributed by atoms with Gasteiger partial charge in [0.15, 0.2) is 11.6 Å². The van der Waals surface area contributed by atoms with Gasteiger partial charge < -0.3 is 19.7 Å². The summed E-state index contributed by atoms with van der Waals surface area (Å²) in [5.41, 5.74) is 0.823. The summed E-state index contributed by atoms with van der Waals surface area (Å²) in [5, 5.41) is 11.7. The topological polar surface area (TPSA) is 110 Å². The van der Waals surface area contributed by atoms with Gasteiger partial charge in [-0.25, -0.2) is 8.42 Å². The number of sulfonamides is 1. The Hall–Kier alpha value is -3.44. The van der Waals surface area contributed by atoms with E-state index >= 15 is 0 Å². The van der Waals surface area contributed by atoms with Crippen LogP contribution in [0.3, 0.4) is 0 Å². The van der Waals surface area contributed by atoms with Crippen molar-refractivity contribution in [2.24, 2.45) is 0 Å². The monoisotopic (exact) mass is 484 g/mol. The zero-order valence-corrected chi connectivity index (χ0v) is 20.0. The Balaban J connectivity index is 1.42. The summed E-state index contributed by atoms with van der Waals surface area (Å²) in [5.74, 6) is 2.19. The first kappa shape index (κ1) is 23.7. The lowest BCUT2D eigenvalue weighted by Gasteiger charge is -2.34. The molecule has 180 valence electrons. The molecule has 1 aromatic carbocycles. The number of rotatable bonds is 9. The van der Waals surface area contributed by atoms with Crippen molar-refractivity contribution < 1.29 is 17.9 Å². The molecule has 4 rings (SSSR count). The van der Waals surface area contributed by atoms with Gasteiger partial charge in [0, 0.05) is 38.4 Å². The zero-order chi connectivity index (χ0) is 24.0. The Morgan fingerprint density at radius 1 is 0.971 bits per heavy atom. The maximum atomic E-state index is 13.4. The predicted molar refractivity (Wildman–Crippen MR) is 129 cm³/mol. The molecule has 0 amide bonds. The summed E-state index contributed by atoms with van der Waals surface area (Å²) in [6.45, 7) is 6.21. The van der Waals surface area contributed by atoms with E-state index in [2.05, 4.69) is 20.5 Å². The number of hydrogen-bond acceptors (Lipinski definition) is 9. The molecular formula is C23H28N6O4S. The smallest absolute Gasteiger partial charge is 0.246 e. The molecule has 10 nitrogen and oxygen atoms in total. The fourth-order valence-corrected chi connectivity index (χ4v) is 5.20. The predicted octanol–water partition coefficient (Wildman–Crippen LogP) is 2.92. The van der Waals surface area contributed by atoms with Gasteiger partial charge in [-0.2, -0.15) is 4.31 Å². The van der Waals surface area contributed by atoms with Crippen molar-refractivity contribution in [3.8, 4) is 11.5 Å². The molecule has 34 heavy (non-hydrogen) atoms. The van der Waals surface area contributed by atoms with Crippen LogP contribution in [0.4, 0.5) is 17.3 Å². The van der Waals surface area contributed by atoms with E-state index in [0.29, 0.717) is 62.5 Å². The Labute approximate surface area is 199 Å². The maximum Gasteiger partial charge on any atom is 0.246 e. The molecule has 3 heterocycles. The molecule has 1 aliphatic rings. The number of ether oxygens (including phenoxy) is 2. The lowest BCUT2D eigenvalue weighted by Crippen LogP contribution is -2.49. The third kappa shape index (κ3) is 5.37. The molecular weight excluding hydrogens is 456 g/mol. The quantitative estimate of drug-likeness (QED) is 0.490. The van der Waals surface area contributed by atoms with Gasteiger partial charge in [0.2, 0.25) is 10.0 Å². The fraction of sp³-hybridized carbons (Fsp3) is 0.348. The first-order chi connectivity index (χ1) is 16.5. The van der Waals surface area contributed by atoms with Gasteiger partial charge >= 0.3 is 0 Å². The minimum atomic E-state index is -3.72. The summed E-state index contributed by atoms with van der Waals surface area (Å²) in [4.78, 5) is 6.23. The largest absolute Gasteiger partial charge is 0.494 e. The molecule has 1 N–H and O–H groups in total. The van der Waals surface area contributed by atoms with Gasteiger partial charge in [0.1, 0.15) is 16.4 Å². The van der Waals surface area contributed by atoms with Crippen molar-refractivity contribution in [2.75, 3.05) is 49.6 Å². The van der Waals surface area contributed by atoms with Crippen LogP contribution >= 0.6 is 0 Å². The van der Waals surface area contributed by atoms with E-state index in [1.54, 1.807) is 30.6 Å². The molecule has 11 heteroatoms. The first-order valence-corrected chi connectivity index (χ1v) is 12.6. The number of nitrogens with zero attached hydrogens (tertiary/aromatic N) is 5. The minimum Gasteiger partial charge on any atom is -0.494 e. The Bertz CT molecular complexity index is 1180. The average Bonchev–Trinajstić information content (AvgIpc) is 2.86. The van der Waals surface area contributed by atoms with E-state index < -0.39 is 10.0 Å². The van der Waals surface area contributed by atoms with Crippen LogP contribution in [-0.2, 0) is 10.0 Å². The second kappa shape index (κ2) is 10.7. The van der Waals surface area contributed by atoms with Crippen molar-refractivity contribution in [1.82, 2.24) is 19.5 Å². The second-order valence-electron chi connectivity index (χ2n) is 7.51. The van der Waals surface area contributed by atoms with Crippen LogP contribution in [0.2, 0.25) is 0 Å². The Morgan fingerprint density at radius 2 is 1.76 bits per heavy atom. The molecule has 0 unspecified atom stereocenters. The van der Waals surface area contributed by atoms with Gasteiger partial charge in [-0.1, -0.05) is 0 Å². The number of piperazine rings is 1. The van der Waals surface area contributed by atoms with E-state index in [1.165, 1.54) is 4.31 Å². The van der Waals surface area contributed by atoms with E-state index in [-0.39, 0.29) is 4.90 Å². The maximum absolute atomic E-state index is 13.4. The Morgan fingerprint density at radius 3 is 2.41 bits per heavy atom. The summed E-state index contributed by atoms with van der Waals surface area (Å²) in [7, 11) is -3.72. The second-order valence-corrected chi connectivity index (χ2v) is 9.42. The molecule has 2 aromatic heterocycles. The van der Waals surface area contributed by atoms with E-state index in [4.69, 9.17) is 9.47 Å². The molecule has 3 aromatic rings. The van der Waals surface area contributed by atoms with Crippen LogP contribution in [0.5, 0.6) is 11.5 Å². The van der Waals surface area contributed by atoms with Crippen molar-refractivity contribution >= 4 is 27.3 Å². The molecule has 0 aliphatic carbocycles. The normalized spacial score (nSPS) is 14.6. The number of benzene rings is 1. The number of nitrogens with one attached hydrogen (secondary N) is 1. The van der Waals surface area contributed by atoms with Crippen molar-refractivity contribution in [1.29, 1.82) is 0 Å². The van der Waals surface area contributed by atoms with Crippen LogP contribution in [0.25, 0.3) is 0 Å². The van der Waals surface area contributed by atoms with E-state index in [9.17, 15) is 8.42 Å². The average molecular weight is 485 g/mol. The van der Waals surface area contributed by atoms with Gasteiger partial charge in [0.25, 0.3) is 0 Å². The SMILES string of the molecule is CCOc1ccc(S(=O)(=O)N2CCN(c3ccc(Nc4cccnc4)nn3)CC2)c(OCC)c1. The third-order valence-electron chi connectivity index (χ3n) is 5.29. The highest BCUT2D eigenvalue weighted by atomic mass is 32.2. The summed E-state index contributed by atoms with van der Waals surface area (Å²) >= 11 is 0. The van der Waals surface area contributed by atoms with Crippen molar-refractivity contribution in [3.63, 3.8) is 0 Å².